The Morgan fingerprint density at radius 2 is 1.95 bits per heavy atom. The van der Waals surface area contributed by atoms with Crippen LogP contribution in [0.5, 0.6) is 0 Å². The standard InChI is InChI=1S/C15H20N2O2/c1-12(14-6-4-13(10-16)5-7-14)17-11-15(2)18-8-3-9-19-15/h4-7,12,17H,3,8-9,11H2,1-2H3. The molecule has 1 aliphatic heterocycles. The molecule has 1 N–H and O–H groups in total. The van der Waals surface area contributed by atoms with Gasteiger partial charge < -0.3 is 14.8 Å². The zero-order valence-corrected chi connectivity index (χ0v) is 11.5. The minimum atomic E-state index is -0.529. The van der Waals surface area contributed by atoms with E-state index in [1.54, 1.807) is 0 Å². The molecule has 1 fully saturated rings. The number of nitrogens with one attached hydrogen (secondary N) is 1. The van der Waals surface area contributed by atoms with Gasteiger partial charge >= 0.3 is 0 Å². The van der Waals surface area contributed by atoms with Crippen molar-refractivity contribution in [2.75, 3.05) is 19.8 Å². The Hall–Kier alpha value is -1.41. The van der Waals surface area contributed by atoms with Crippen molar-refractivity contribution in [1.29, 1.82) is 5.26 Å². The fourth-order valence-corrected chi connectivity index (χ4v) is 2.08. The summed E-state index contributed by atoms with van der Waals surface area (Å²) in [6.45, 7) is 6.21. The summed E-state index contributed by atoms with van der Waals surface area (Å²) in [4.78, 5) is 0. The van der Waals surface area contributed by atoms with Gasteiger partial charge in [-0.25, -0.2) is 0 Å². The molecule has 1 aromatic carbocycles. The van der Waals surface area contributed by atoms with Gasteiger partial charge in [-0.15, -0.1) is 0 Å². The minimum Gasteiger partial charge on any atom is -0.349 e. The third kappa shape index (κ3) is 3.77. The van der Waals surface area contributed by atoms with Gasteiger partial charge in [0.25, 0.3) is 0 Å². The van der Waals surface area contributed by atoms with Crippen LogP contribution in [0.25, 0.3) is 0 Å². The molecule has 0 radical (unpaired) electrons. The van der Waals surface area contributed by atoms with Gasteiger partial charge in [0.15, 0.2) is 5.79 Å². The van der Waals surface area contributed by atoms with Gasteiger partial charge in [-0.3, -0.25) is 0 Å². The molecule has 0 bridgehead atoms. The van der Waals surface area contributed by atoms with Crippen LogP contribution >= 0.6 is 0 Å². The first-order valence-electron chi connectivity index (χ1n) is 6.64. The number of hydrogen-bond acceptors (Lipinski definition) is 4. The number of nitriles is 1. The number of benzene rings is 1. The summed E-state index contributed by atoms with van der Waals surface area (Å²) in [6, 6.07) is 9.93. The van der Waals surface area contributed by atoms with E-state index in [2.05, 4.69) is 18.3 Å². The van der Waals surface area contributed by atoms with Crippen LogP contribution in [-0.2, 0) is 9.47 Å². The molecule has 0 aromatic heterocycles. The first-order valence-corrected chi connectivity index (χ1v) is 6.64. The van der Waals surface area contributed by atoms with E-state index in [9.17, 15) is 0 Å². The van der Waals surface area contributed by atoms with E-state index in [1.807, 2.05) is 31.2 Å². The van der Waals surface area contributed by atoms with Crippen molar-refractivity contribution < 1.29 is 9.47 Å². The summed E-state index contributed by atoms with van der Waals surface area (Å²) in [7, 11) is 0. The monoisotopic (exact) mass is 260 g/mol. The predicted molar refractivity (Wildman–Crippen MR) is 72.5 cm³/mol. The third-order valence-electron chi connectivity index (χ3n) is 3.37. The van der Waals surface area contributed by atoms with Crippen LogP contribution in [0.15, 0.2) is 24.3 Å². The van der Waals surface area contributed by atoms with Gasteiger partial charge in [0.2, 0.25) is 0 Å². The lowest BCUT2D eigenvalue weighted by Gasteiger charge is -2.35. The minimum absolute atomic E-state index is 0.193. The Balaban J connectivity index is 1.89. The molecule has 0 spiro atoms. The molecule has 1 aliphatic rings. The van der Waals surface area contributed by atoms with Gasteiger partial charge in [0, 0.05) is 12.6 Å². The third-order valence-corrected chi connectivity index (χ3v) is 3.37. The molecular formula is C15H20N2O2. The maximum absolute atomic E-state index is 8.78. The highest BCUT2D eigenvalue weighted by molar-refractivity contribution is 5.32. The Labute approximate surface area is 114 Å². The van der Waals surface area contributed by atoms with Crippen LogP contribution in [0.3, 0.4) is 0 Å². The highest BCUT2D eigenvalue weighted by Gasteiger charge is 2.29. The maximum Gasteiger partial charge on any atom is 0.177 e. The summed E-state index contributed by atoms with van der Waals surface area (Å²) in [5.41, 5.74) is 1.83. The molecule has 102 valence electrons. The second-order valence-electron chi connectivity index (χ2n) is 5.02. The van der Waals surface area contributed by atoms with E-state index >= 15 is 0 Å². The Morgan fingerprint density at radius 1 is 1.32 bits per heavy atom. The SMILES string of the molecule is CC(NCC1(C)OCCCO1)c1ccc(C#N)cc1. The fraction of sp³-hybridized carbons (Fsp3) is 0.533. The summed E-state index contributed by atoms with van der Waals surface area (Å²) in [5.74, 6) is -0.529. The average Bonchev–Trinajstić information content (AvgIpc) is 2.46. The molecule has 1 aromatic rings. The summed E-state index contributed by atoms with van der Waals surface area (Å²) >= 11 is 0. The van der Waals surface area contributed by atoms with Crippen molar-refractivity contribution in [2.24, 2.45) is 0 Å². The first kappa shape index (κ1) is 14.0. The van der Waals surface area contributed by atoms with Gasteiger partial charge in [0.05, 0.1) is 24.8 Å². The lowest BCUT2D eigenvalue weighted by molar-refractivity contribution is -0.252. The van der Waals surface area contributed by atoms with E-state index in [-0.39, 0.29) is 6.04 Å². The number of hydrogen-bond donors (Lipinski definition) is 1. The lowest BCUT2D eigenvalue weighted by Crippen LogP contribution is -2.46. The summed E-state index contributed by atoms with van der Waals surface area (Å²) in [5, 5.41) is 12.2. The molecule has 1 atom stereocenters. The van der Waals surface area contributed by atoms with E-state index in [0.29, 0.717) is 12.1 Å². The molecule has 19 heavy (non-hydrogen) atoms. The van der Waals surface area contributed by atoms with Crippen LogP contribution in [0.2, 0.25) is 0 Å². The van der Waals surface area contributed by atoms with Crippen LogP contribution in [0.1, 0.15) is 37.4 Å². The highest BCUT2D eigenvalue weighted by Crippen LogP contribution is 2.19. The van der Waals surface area contributed by atoms with Gasteiger partial charge in [-0.2, -0.15) is 5.26 Å². The topological polar surface area (TPSA) is 54.3 Å². The van der Waals surface area contributed by atoms with E-state index < -0.39 is 5.79 Å². The molecular weight excluding hydrogens is 240 g/mol. The Bertz CT molecular complexity index is 444. The molecule has 2 rings (SSSR count). The fourth-order valence-electron chi connectivity index (χ4n) is 2.08. The van der Waals surface area contributed by atoms with Crippen LogP contribution < -0.4 is 5.32 Å². The molecule has 4 heteroatoms. The van der Waals surface area contributed by atoms with Crippen molar-refractivity contribution in [1.82, 2.24) is 5.32 Å². The van der Waals surface area contributed by atoms with Crippen molar-refractivity contribution in [3.63, 3.8) is 0 Å². The van der Waals surface area contributed by atoms with E-state index in [4.69, 9.17) is 14.7 Å². The van der Waals surface area contributed by atoms with E-state index in [1.165, 1.54) is 0 Å². The average molecular weight is 260 g/mol. The normalized spacial score (nSPS) is 19.6. The second kappa shape index (κ2) is 6.16. The van der Waals surface area contributed by atoms with Crippen LogP contribution in [0, 0.1) is 11.3 Å². The molecule has 0 aliphatic carbocycles. The molecule has 1 saturated heterocycles. The quantitative estimate of drug-likeness (QED) is 0.903. The number of rotatable bonds is 4. The largest absolute Gasteiger partial charge is 0.349 e. The zero-order chi connectivity index (χ0) is 13.7. The van der Waals surface area contributed by atoms with Gasteiger partial charge in [-0.1, -0.05) is 12.1 Å². The molecule has 0 amide bonds. The summed E-state index contributed by atoms with van der Waals surface area (Å²) in [6.07, 6.45) is 0.959. The highest BCUT2D eigenvalue weighted by atomic mass is 16.7. The smallest absolute Gasteiger partial charge is 0.177 e. The molecule has 0 saturated carbocycles. The zero-order valence-electron chi connectivity index (χ0n) is 11.5. The maximum atomic E-state index is 8.78. The van der Waals surface area contributed by atoms with E-state index in [0.717, 1.165) is 25.2 Å². The molecule has 1 unspecified atom stereocenters. The van der Waals surface area contributed by atoms with Gasteiger partial charge in [-0.05, 0) is 38.0 Å². The van der Waals surface area contributed by atoms with Crippen molar-refractivity contribution in [2.45, 2.75) is 32.1 Å². The van der Waals surface area contributed by atoms with Crippen LogP contribution in [0.4, 0.5) is 0 Å². The van der Waals surface area contributed by atoms with Crippen molar-refractivity contribution in [3.05, 3.63) is 35.4 Å². The van der Waals surface area contributed by atoms with Crippen molar-refractivity contribution >= 4 is 0 Å². The number of ether oxygens (including phenoxy) is 2. The lowest BCUT2D eigenvalue weighted by atomic mass is 10.1. The van der Waals surface area contributed by atoms with Gasteiger partial charge in [0.1, 0.15) is 0 Å². The first-order chi connectivity index (χ1) is 9.13. The van der Waals surface area contributed by atoms with Crippen LogP contribution in [-0.4, -0.2) is 25.5 Å². The second-order valence-corrected chi connectivity index (χ2v) is 5.02. The van der Waals surface area contributed by atoms with Crippen molar-refractivity contribution in [3.8, 4) is 6.07 Å². The molecule has 1 heterocycles. The number of nitrogens with zero attached hydrogens (tertiary/aromatic N) is 1. The Kier molecular flexibility index (Phi) is 4.54. The predicted octanol–water partition coefficient (Wildman–Crippen LogP) is 2.36. The summed E-state index contributed by atoms with van der Waals surface area (Å²) < 4.78 is 11.3. The Morgan fingerprint density at radius 3 is 2.53 bits per heavy atom. The molecule has 4 nitrogen and oxygen atoms in total.